The van der Waals surface area contributed by atoms with E-state index in [-0.39, 0.29) is 58.5 Å². The zero-order chi connectivity index (χ0) is 63.1. The highest BCUT2D eigenvalue weighted by Crippen LogP contribution is 2.23. The first-order valence-corrected chi connectivity index (χ1v) is 27.7. The molecule has 2 aliphatic rings. The summed E-state index contributed by atoms with van der Waals surface area (Å²) in [5.74, 6) is -0.724. The second-order valence-electron chi connectivity index (χ2n) is 17.8. The van der Waals surface area contributed by atoms with E-state index in [1.165, 1.54) is 58.3 Å². The standard InChI is InChI=1S/C12H10FN7.C12H7FN6.C11H7FIN5.C7H4FIN2.C7H6FN3.C6H2ClFN2/c13-7-4-8-10(11(14)15)19-20(12(8)18-5-7)6-9-16-2-1-3-17-9;13-8-4-9-10(5-14)18-19(12(9)17-6-8)7-11-15-2-1-3-16-11;12-7-4-8-10(13)17-18(11(8)16-5-7)6-9-14-2-1-3-15-9;2*8-4-1-5-6(10-2-4)3-11-7(5)9;7-6-4(2-9)1-5(8)3-10-6/h1-5H,6H2,(H3,14,15);1-4,6H,7H2;1-5H,6H2;1-2H,3H2;1-2H,3H2,(H2,9,11);1,3H. The second kappa shape index (κ2) is 29.2. The molecule has 12 aromatic heterocycles. The first kappa shape index (κ1) is 63.0. The third-order valence-corrected chi connectivity index (χ3v) is 13.8. The van der Waals surface area contributed by atoms with Crippen LogP contribution in [-0.4, -0.2) is 105 Å². The molecular weight excluding hydrogens is 1410 g/mol. The van der Waals surface area contributed by atoms with E-state index < -0.39 is 17.5 Å². The quantitative estimate of drug-likeness (QED) is 0.0446. The predicted molar refractivity (Wildman–Crippen MR) is 325 cm³/mol. The van der Waals surface area contributed by atoms with Crippen LogP contribution in [0.3, 0.4) is 0 Å². The van der Waals surface area contributed by atoms with Crippen LogP contribution < -0.4 is 11.5 Å². The van der Waals surface area contributed by atoms with Crippen molar-refractivity contribution in [2.75, 3.05) is 0 Å². The SMILES string of the molecule is Fc1cnc2c(c1)C(I)=NC2.Fc1cnc2c(c1)c(I)nn2Cc1ncccn1.N#Cc1cc(F)cnc1Cl.N#Cc1nn(Cc2ncccn2)c2ncc(F)cc12.N=C(N)c1nn(Cc2ncccn2)c2ncc(F)cc12.NC1=NCc2ncc(F)cc21. The van der Waals surface area contributed by atoms with Crippen LogP contribution in [0.15, 0.2) is 139 Å². The summed E-state index contributed by atoms with van der Waals surface area (Å²) in [6.45, 7) is 2.02. The molecule has 0 radical (unpaired) electrons. The van der Waals surface area contributed by atoms with Gasteiger partial charge >= 0.3 is 0 Å². The van der Waals surface area contributed by atoms with Crippen molar-refractivity contribution in [2.24, 2.45) is 21.5 Å². The molecule has 0 spiro atoms. The molecule has 0 aromatic carbocycles. The highest BCUT2D eigenvalue weighted by Gasteiger charge is 2.19. The Labute approximate surface area is 529 Å². The van der Waals surface area contributed by atoms with Gasteiger partial charge in [0, 0.05) is 48.3 Å². The zero-order valence-corrected chi connectivity index (χ0v) is 50.1. The molecule has 12 aromatic rings. The van der Waals surface area contributed by atoms with Crippen molar-refractivity contribution in [3.05, 3.63) is 230 Å². The van der Waals surface area contributed by atoms with E-state index in [9.17, 15) is 26.3 Å². The Morgan fingerprint density at radius 2 is 0.933 bits per heavy atom. The number of nitrogens with two attached hydrogens (primary N) is 2. The molecule has 14 rings (SSSR count). The van der Waals surface area contributed by atoms with Crippen LogP contribution in [0, 0.1) is 66.7 Å². The summed E-state index contributed by atoms with van der Waals surface area (Å²) >= 11 is 9.54. The highest BCUT2D eigenvalue weighted by atomic mass is 127. The van der Waals surface area contributed by atoms with Gasteiger partial charge in [0.05, 0.1) is 83.4 Å². The molecule has 34 heteroatoms. The molecule has 0 unspecified atom stereocenters. The summed E-state index contributed by atoms with van der Waals surface area (Å²) in [4.78, 5) is 55.8. The molecule has 0 bridgehead atoms. The topological polar surface area (TPSA) is 356 Å². The maximum absolute atomic E-state index is 13.3. The summed E-state index contributed by atoms with van der Waals surface area (Å²) in [6, 6.07) is 16.6. The van der Waals surface area contributed by atoms with Crippen molar-refractivity contribution in [3.63, 3.8) is 0 Å². The number of hydrogen-bond donors (Lipinski definition) is 3. The molecule has 0 amide bonds. The lowest BCUT2D eigenvalue weighted by molar-refractivity contribution is 0.619. The lowest BCUT2D eigenvalue weighted by atomic mass is 10.2. The average Bonchev–Trinajstić information content (AvgIpc) is 1.78. The number of nitrogen functional groups attached to an aromatic ring is 1. The molecule has 25 nitrogen and oxygen atoms in total. The summed E-state index contributed by atoms with van der Waals surface area (Å²) in [5, 5.41) is 38.9. The average molecular weight is 1450 g/mol. The van der Waals surface area contributed by atoms with Crippen LogP contribution in [0.25, 0.3) is 33.1 Å². The third kappa shape index (κ3) is 16.1. The Balaban J connectivity index is 0.000000129. The van der Waals surface area contributed by atoms with E-state index in [1.807, 2.05) is 6.07 Å². The van der Waals surface area contributed by atoms with Gasteiger partial charge in [-0.25, -0.2) is 90.2 Å². The lowest BCUT2D eigenvalue weighted by Gasteiger charge is -2.00. The highest BCUT2D eigenvalue weighted by molar-refractivity contribution is 14.1. The fourth-order valence-electron chi connectivity index (χ4n) is 7.88. The molecule has 2 aliphatic heterocycles. The Hall–Kier alpha value is -10.5. The Kier molecular flexibility index (Phi) is 20.7. The van der Waals surface area contributed by atoms with Crippen molar-refractivity contribution in [2.45, 2.75) is 32.7 Å². The maximum atomic E-state index is 13.3. The second-order valence-corrected chi connectivity index (χ2v) is 20.2. The molecule has 444 valence electrons. The van der Waals surface area contributed by atoms with Gasteiger partial charge < -0.3 is 11.5 Å². The number of aliphatic imine (C=N–C) groups is 2. The van der Waals surface area contributed by atoms with Crippen LogP contribution in [0.4, 0.5) is 26.3 Å². The Morgan fingerprint density at radius 3 is 1.45 bits per heavy atom. The van der Waals surface area contributed by atoms with Gasteiger partial charge in [-0.2, -0.15) is 25.8 Å². The first-order chi connectivity index (χ1) is 42.9. The number of amidine groups is 2. The molecule has 0 saturated heterocycles. The molecule has 0 saturated carbocycles. The van der Waals surface area contributed by atoms with Crippen molar-refractivity contribution < 1.29 is 26.3 Å². The Bertz CT molecular complexity index is 4630. The summed E-state index contributed by atoms with van der Waals surface area (Å²) in [6.07, 6.45) is 16.5. The fraction of sp³-hybridized carbons (Fsp3) is 0.0909. The van der Waals surface area contributed by atoms with Crippen LogP contribution in [-0.2, 0) is 32.7 Å². The van der Waals surface area contributed by atoms with E-state index >= 15 is 0 Å². The lowest BCUT2D eigenvalue weighted by Crippen LogP contribution is -2.13. The summed E-state index contributed by atoms with van der Waals surface area (Å²) in [5.41, 5.74) is 15.9. The van der Waals surface area contributed by atoms with Crippen molar-refractivity contribution in [1.82, 2.24) is 89.1 Å². The molecule has 5 N–H and O–H groups in total. The number of hydrogen-bond acceptors (Lipinski definition) is 21. The van der Waals surface area contributed by atoms with E-state index in [4.69, 9.17) is 39.0 Å². The van der Waals surface area contributed by atoms with E-state index in [2.05, 4.69) is 130 Å². The first-order valence-electron chi connectivity index (χ1n) is 25.2. The van der Waals surface area contributed by atoms with E-state index in [1.54, 1.807) is 66.1 Å². The zero-order valence-electron chi connectivity index (χ0n) is 45.1. The summed E-state index contributed by atoms with van der Waals surface area (Å²) < 4.78 is 83.2. The number of nitrogens with zero attached hydrogens (tertiary/aromatic N) is 22. The largest absolute Gasteiger partial charge is 0.383 e. The van der Waals surface area contributed by atoms with Crippen LogP contribution in [0.5, 0.6) is 0 Å². The molecule has 14 heterocycles. The van der Waals surface area contributed by atoms with Gasteiger partial charge in [0.2, 0.25) is 0 Å². The van der Waals surface area contributed by atoms with E-state index in [0.717, 1.165) is 45.3 Å². The van der Waals surface area contributed by atoms with Gasteiger partial charge in [0.25, 0.3) is 0 Å². The minimum Gasteiger partial charge on any atom is -0.383 e. The number of pyridine rings is 6. The molecular formula is C55H36ClF6I2N25. The molecule has 0 atom stereocenters. The van der Waals surface area contributed by atoms with Crippen LogP contribution in [0.2, 0.25) is 5.15 Å². The smallest absolute Gasteiger partial charge is 0.172 e. The number of halogens is 9. The number of nitrogens with one attached hydrogen (secondary N) is 1. The molecule has 0 fully saturated rings. The van der Waals surface area contributed by atoms with Crippen molar-refractivity contribution >= 4 is 105 Å². The van der Waals surface area contributed by atoms with Crippen LogP contribution >= 0.6 is 56.8 Å². The number of fused-ring (bicyclic) bond motifs is 5. The van der Waals surface area contributed by atoms with Gasteiger partial charge in [-0.1, -0.05) is 11.6 Å². The monoisotopic (exact) mass is 1450 g/mol. The third-order valence-electron chi connectivity index (χ3n) is 11.8. The number of nitriles is 2. The van der Waals surface area contributed by atoms with Gasteiger partial charge in [0.1, 0.15) is 114 Å². The molecule has 89 heavy (non-hydrogen) atoms. The van der Waals surface area contributed by atoms with Gasteiger partial charge in [-0.15, -0.1) is 0 Å². The predicted octanol–water partition coefficient (Wildman–Crippen LogP) is 8.09. The van der Waals surface area contributed by atoms with Gasteiger partial charge in [-0.3, -0.25) is 25.4 Å². The number of rotatable bonds is 7. The maximum Gasteiger partial charge on any atom is 0.172 e. The van der Waals surface area contributed by atoms with Gasteiger partial charge in [-0.05, 0) is 99.8 Å². The molecule has 0 aliphatic carbocycles. The van der Waals surface area contributed by atoms with Gasteiger partial charge in [0.15, 0.2) is 22.6 Å². The van der Waals surface area contributed by atoms with E-state index in [0.29, 0.717) is 85.3 Å². The van der Waals surface area contributed by atoms with Crippen LogP contribution in [0.1, 0.15) is 56.9 Å². The minimum absolute atomic E-state index is 0.0314. The summed E-state index contributed by atoms with van der Waals surface area (Å²) in [7, 11) is 0. The van der Waals surface area contributed by atoms with Crippen molar-refractivity contribution in [3.8, 4) is 12.1 Å². The number of aromatic nitrogens is 18. The van der Waals surface area contributed by atoms with Crippen molar-refractivity contribution in [1.29, 1.82) is 15.9 Å². The Morgan fingerprint density at radius 1 is 0.517 bits per heavy atom. The normalized spacial score (nSPS) is 11.5. The minimum atomic E-state index is -0.555. The fourth-order valence-corrected chi connectivity index (χ4v) is 9.32.